The van der Waals surface area contributed by atoms with Crippen molar-refractivity contribution in [1.29, 1.82) is 0 Å². The van der Waals surface area contributed by atoms with E-state index < -0.39 is 22.0 Å². The number of hydrogen-bond donors (Lipinski definition) is 1. The molecule has 0 radical (unpaired) electrons. The zero-order valence-electron chi connectivity index (χ0n) is 11.8. The van der Waals surface area contributed by atoms with Crippen molar-refractivity contribution in [2.75, 3.05) is 13.2 Å². The lowest BCUT2D eigenvalue weighted by molar-refractivity contribution is -0.133. The van der Waals surface area contributed by atoms with Gasteiger partial charge in [-0.2, -0.15) is 0 Å². The standard InChI is InChI=1S/C13H19NO5S2/c1-10(19-9-11-5-2-3-7-18-11)13(15)14-21(16,17)12-6-4-8-20-12/h4,6,8,10-11H,2-3,5,7,9H2,1H3,(H,14,15). The molecule has 2 rings (SSSR count). The third kappa shape index (κ3) is 4.77. The summed E-state index contributed by atoms with van der Waals surface area (Å²) in [6.45, 7) is 2.54. The Morgan fingerprint density at radius 2 is 2.38 bits per heavy atom. The van der Waals surface area contributed by atoms with Gasteiger partial charge < -0.3 is 9.47 Å². The predicted molar refractivity (Wildman–Crippen MR) is 78.7 cm³/mol. The van der Waals surface area contributed by atoms with Crippen LogP contribution in [0.1, 0.15) is 26.2 Å². The van der Waals surface area contributed by atoms with Crippen LogP contribution < -0.4 is 4.72 Å². The molecule has 1 aliphatic heterocycles. The van der Waals surface area contributed by atoms with Crippen molar-refractivity contribution in [2.24, 2.45) is 0 Å². The predicted octanol–water partition coefficient (Wildman–Crippen LogP) is 1.53. The van der Waals surface area contributed by atoms with Crippen molar-refractivity contribution >= 4 is 27.3 Å². The molecule has 0 aliphatic carbocycles. The second-order valence-electron chi connectivity index (χ2n) is 4.87. The van der Waals surface area contributed by atoms with Gasteiger partial charge >= 0.3 is 0 Å². The zero-order valence-corrected chi connectivity index (χ0v) is 13.4. The number of rotatable bonds is 6. The lowest BCUT2D eigenvalue weighted by Gasteiger charge is -2.23. The maximum absolute atomic E-state index is 11.9. The molecule has 0 bridgehead atoms. The maximum Gasteiger partial charge on any atom is 0.273 e. The van der Waals surface area contributed by atoms with Gasteiger partial charge in [-0.05, 0) is 37.6 Å². The second kappa shape index (κ2) is 7.35. The molecule has 0 saturated carbocycles. The van der Waals surface area contributed by atoms with E-state index in [2.05, 4.69) is 0 Å². The molecule has 2 heterocycles. The Labute approximate surface area is 128 Å². The molecular weight excluding hydrogens is 314 g/mol. The molecule has 118 valence electrons. The van der Waals surface area contributed by atoms with Gasteiger partial charge in [0, 0.05) is 6.61 Å². The number of sulfonamides is 1. The minimum absolute atomic E-state index is 0.0112. The van der Waals surface area contributed by atoms with Gasteiger partial charge in [0.1, 0.15) is 10.3 Å². The molecule has 0 spiro atoms. The molecule has 1 saturated heterocycles. The van der Waals surface area contributed by atoms with E-state index in [4.69, 9.17) is 9.47 Å². The Bertz CT molecular complexity index is 549. The zero-order chi connectivity index (χ0) is 15.3. The van der Waals surface area contributed by atoms with Gasteiger partial charge in [-0.25, -0.2) is 13.1 Å². The lowest BCUT2D eigenvalue weighted by atomic mass is 10.1. The fourth-order valence-corrected chi connectivity index (χ4v) is 3.98. The first-order valence-corrected chi connectivity index (χ1v) is 9.18. The normalized spacial score (nSPS) is 20.9. The number of thiophene rings is 1. The van der Waals surface area contributed by atoms with Crippen LogP contribution in [0.5, 0.6) is 0 Å². The smallest absolute Gasteiger partial charge is 0.273 e. The second-order valence-corrected chi connectivity index (χ2v) is 7.72. The van der Waals surface area contributed by atoms with Crippen LogP contribution in [0.4, 0.5) is 0 Å². The summed E-state index contributed by atoms with van der Waals surface area (Å²) in [7, 11) is -3.80. The molecule has 1 aromatic heterocycles. The average Bonchev–Trinajstić information content (AvgIpc) is 3.00. The Kier molecular flexibility index (Phi) is 5.74. The summed E-state index contributed by atoms with van der Waals surface area (Å²) in [5.74, 6) is -0.667. The van der Waals surface area contributed by atoms with E-state index in [-0.39, 0.29) is 10.3 Å². The summed E-state index contributed by atoms with van der Waals surface area (Å²) in [6, 6.07) is 3.06. The number of nitrogens with one attached hydrogen (secondary N) is 1. The largest absolute Gasteiger partial charge is 0.376 e. The van der Waals surface area contributed by atoms with Crippen LogP contribution >= 0.6 is 11.3 Å². The van der Waals surface area contributed by atoms with Crippen LogP contribution in [0.15, 0.2) is 21.7 Å². The van der Waals surface area contributed by atoms with E-state index in [0.29, 0.717) is 13.2 Å². The highest BCUT2D eigenvalue weighted by atomic mass is 32.2. The topological polar surface area (TPSA) is 81.7 Å². The van der Waals surface area contributed by atoms with Gasteiger partial charge in [-0.1, -0.05) is 6.07 Å². The van der Waals surface area contributed by atoms with Crippen molar-refractivity contribution in [1.82, 2.24) is 4.72 Å². The minimum atomic E-state index is -3.80. The maximum atomic E-state index is 11.9. The van der Waals surface area contributed by atoms with Crippen molar-refractivity contribution in [3.05, 3.63) is 17.5 Å². The van der Waals surface area contributed by atoms with Gasteiger partial charge in [0.25, 0.3) is 15.9 Å². The third-order valence-electron chi connectivity index (χ3n) is 3.17. The number of ether oxygens (including phenoxy) is 2. The van der Waals surface area contributed by atoms with Gasteiger partial charge in [0.15, 0.2) is 0 Å². The van der Waals surface area contributed by atoms with Crippen LogP contribution in [0.3, 0.4) is 0 Å². The van der Waals surface area contributed by atoms with Crippen molar-refractivity contribution < 1.29 is 22.7 Å². The number of carbonyl (C=O) groups is 1. The summed E-state index contributed by atoms with van der Waals surface area (Å²) in [5, 5.41) is 1.64. The van der Waals surface area contributed by atoms with E-state index in [9.17, 15) is 13.2 Å². The summed E-state index contributed by atoms with van der Waals surface area (Å²) >= 11 is 1.06. The van der Waals surface area contributed by atoms with Gasteiger partial charge in [-0.3, -0.25) is 4.79 Å². The van der Waals surface area contributed by atoms with E-state index in [1.54, 1.807) is 11.4 Å². The van der Waals surface area contributed by atoms with Gasteiger partial charge in [0.2, 0.25) is 0 Å². The van der Waals surface area contributed by atoms with E-state index in [1.807, 2.05) is 4.72 Å². The summed E-state index contributed by atoms with van der Waals surface area (Å²) < 4.78 is 36.9. The molecule has 1 aliphatic rings. The van der Waals surface area contributed by atoms with Gasteiger partial charge in [-0.15, -0.1) is 11.3 Å². The first-order valence-electron chi connectivity index (χ1n) is 6.82. The van der Waals surface area contributed by atoms with Crippen molar-refractivity contribution in [2.45, 2.75) is 42.6 Å². The number of hydrogen-bond acceptors (Lipinski definition) is 6. The average molecular weight is 333 g/mol. The molecule has 2 unspecified atom stereocenters. The van der Waals surface area contributed by atoms with Crippen LogP contribution in [0, 0.1) is 0 Å². The van der Waals surface area contributed by atoms with Crippen LogP contribution in [0.25, 0.3) is 0 Å². The summed E-state index contributed by atoms with van der Waals surface area (Å²) in [4.78, 5) is 11.9. The molecule has 6 nitrogen and oxygen atoms in total. The minimum Gasteiger partial charge on any atom is -0.376 e. The highest BCUT2D eigenvalue weighted by molar-refractivity contribution is 7.92. The third-order valence-corrected chi connectivity index (χ3v) is 5.91. The van der Waals surface area contributed by atoms with Crippen molar-refractivity contribution in [3.63, 3.8) is 0 Å². The Morgan fingerprint density at radius 1 is 1.57 bits per heavy atom. The summed E-state index contributed by atoms with van der Waals surface area (Å²) in [5.41, 5.74) is 0. The molecule has 8 heteroatoms. The Hall–Kier alpha value is -0.960. The molecular formula is C13H19NO5S2. The molecule has 1 amide bonds. The molecule has 1 aromatic rings. The van der Waals surface area contributed by atoms with E-state index in [1.165, 1.54) is 13.0 Å². The molecule has 0 aromatic carbocycles. The fourth-order valence-electron chi connectivity index (χ4n) is 1.95. The first kappa shape index (κ1) is 16.4. The first-order chi connectivity index (χ1) is 9.99. The fraction of sp³-hybridized carbons (Fsp3) is 0.615. The van der Waals surface area contributed by atoms with Crippen LogP contribution in [-0.2, 0) is 24.3 Å². The highest BCUT2D eigenvalue weighted by Crippen LogP contribution is 2.16. The molecule has 2 atom stereocenters. The quantitative estimate of drug-likeness (QED) is 0.854. The van der Waals surface area contributed by atoms with Crippen LogP contribution in [0.2, 0.25) is 0 Å². The van der Waals surface area contributed by atoms with Crippen LogP contribution in [-0.4, -0.2) is 39.7 Å². The summed E-state index contributed by atoms with van der Waals surface area (Å²) in [6.07, 6.45) is 2.18. The highest BCUT2D eigenvalue weighted by Gasteiger charge is 2.24. The number of carbonyl (C=O) groups excluding carboxylic acids is 1. The monoisotopic (exact) mass is 333 g/mol. The lowest BCUT2D eigenvalue weighted by Crippen LogP contribution is -2.39. The number of amides is 1. The molecule has 1 N–H and O–H groups in total. The Morgan fingerprint density at radius 3 is 3.00 bits per heavy atom. The van der Waals surface area contributed by atoms with E-state index >= 15 is 0 Å². The molecule has 1 fully saturated rings. The van der Waals surface area contributed by atoms with E-state index in [0.717, 1.165) is 30.6 Å². The van der Waals surface area contributed by atoms with Gasteiger partial charge in [0.05, 0.1) is 12.7 Å². The SMILES string of the molecule is CC(OCC1CCCCO1)C(=O)NS(=O)(=O)c1cccs1. The Balaban J connectivity index is 1.82. The molecule has 21 heavy (non-hydrogen) atoms. The van der Waals surface area contributed by atoms with Crippen molar-refractivity contribution in [3.8, 4) is 0 Å².